The average molecular weight is 496 g/mol. The quantitative estimate of drug-likeness (QED) is 0.340. The van der Waals surface area contributed by atoms with Crippen LogP contribution in [0.25, 0.3) is 22.2 Å². The average Bonchev–Trinajstić information content (AvgIpc) is 3.51. The SMILES string of the molecule is Cc1ccc(S(=O)(=O)n2ccc3c(CO)c(Oc4ccc(F)c(-c5ccn[nH]5)c4)c(F)cc32)cc1. The van der Waals surface area contributed by atoms with Crippen molar-refractivity contribution in [3.05, 3.63) is 95.8 Å². The molecule has 5 aromatic rings. The number of aromatic amines is 1. The second-order valence-electron chi connectivity index (χ2n) is 7.90. The van der Waals surface area contributed by atoms with E-state index in [0.717, 1.165) is 15.6 Å². The zero-order chi connectivity index (χ0) is 24.7. The lowest BCUT2D eigenvalue weighted by atomic mass is 10.1. The van der Waals surface area contributed by atoms with Crippen LogP contribution in [0.1, 0.15) is 11.1 Å². The number of aryl methyl sites for hydroxylation is 1. The van der Waals surface area contributed by atoms with Crippen molar-refractivity contribution < 1.29 is 27.0 Å². The monoisotopic (exact) mass is 495 g/mol. The summed E-state index contributed by atoms with van der Waals surface area (Å²) in [5, 5.41) is 16.8. The van der Waals surface area contributed by atoms with Crippen LogP contribution in [-0.4, -0.2) is 27.7 Å². The maximum atomic E-state index is 15.3. The number of nitrogens with zero attached hydrogens (tertiary/aromatic N) is 2. The molecule has 35 heavy (non-hydrogen) atoms. The summed E-state index contributed by atoms with van der Waals surface area (Å²) in [6, 6.07) is 14.2. The van der Waals surface area contributed by atoms with E-state index in [1.807, 2.05) is 6.92 Å². The number of ether oxygens (including phenoxy) is 1. The van der Waals surface area contributed by atoms with Crippen LogP contribution in [0.2, 0.25) is 0 Å². The minimum atomic E-state index is -4.01. The van der Waals surface area contributed by atoms with Crippen molar-refractivity contribution in [3.63, 3.8) is 0 Å². The molecule has 0 atom stereocenters. The number of rotatable bonds is 6. The Bertz CT molecular complexity index is 1640. The molecular weight excluding hydrogens is 476 g/mol. The van der Waals surface area contributed by atoms with Crippen molar-refractivity contribution in [2.24, 2.45) is 0 Å². The Balaban J connectivity index is 1.60. The molecule has 0 fully saturated rings. The van der Waals surface area contributed by atoms with Gasteiger partial charge >= 0.3 is 0 Å². The number of aliphatic hydroxyl groups is 1. The number of hydrogen-bond acceptors (Lipinski definition) is 5. The normalized spacial score (nSPS) is 11.8. The van der Waals surface area contributed by atoms with Gasteiger partial charge in [-0.05, 0) is 49.4 Å². The van der Waals surface area contributed by atoms with E-state index in [1.54, 1.807) is 18.2 Å². The molecule has 0 radical (unpaired) electrons. The van der Waals surface area contributed by atoms with Crippen molar-refractivity contribution in [1.29, 1.82) is 0 Å². The summed E-state index contributed by atoms with van der Waals surface area (Å²) >= 11 is 0. The standard InChI is InChI=1S/C25H19F2N3O4S/c1-15-2-5-17(6-3-15)35(32,33)30-11-9-18-20(14-31)25(22(27)13-24(18)30)34-16-4-7-21(26)19(12-16)23-8-10-28-29-23/h2-13,31H,14H2,1H3,(H,28,29). The van der Waals surface area contributed by atoms with Gasteiger partial charge in [-0.25, -0.2) is 21.2 Å². The highest BCUT2D eigenvalue weighted by atomic mass is 32.2. The summed E-state index contributed by atoms with van der Waals surface area (Å²) in [4.78, 5) is 0.0459. The van der Waals surface area contributed by atoms with Crippen molar-refractivity contribution in [3.8, 4) is 22.8 Å². The molecule has 0 unspecified atom stereocenters. The zero-order valence-corrected chi connectivity index (χ0v) is 19.2. The molecule has 178 valence electrons. The van der Waals surface area contributed by atoms with E-state index in [2.05, 4.69) is 10.2 Å². The van der Waals surface area contributed by atoms with Crippen LogP contribution in [0.5, 0.6) is 11.5 Å². The summed E-state index contributed by atoms with van der Waals surface area (Å²) < 4.78 is 62.7. The van der Waals surface area contributed by atoms with Gasteiger partial charge in [0.2, 0.25) is 0 Å². The fourth-order valence-electron chi connectivity index (χ4n) is 3.87. The van der Waals surface area contributed by atoms with Crippen molar-refractivity contribution in [2.45, 2.75) is 18.4 Å². The Morgan fingerprint density at radius 1 is 1.03 bits per heavy atom. The molecule has 2 heterocycles. The summed E-state index contributed by atoms with van der Waals surface area (Å²) in [5.74, 6) is -1.57. The second-order valence-corrected chi connectivity index (χ2v) is 9.72. The van der Waals surface area contributed by atoms with Gasteiger partial charge in [0.05, 0.1) is 22.7 Å². The van der Waals surface area contributed by atoms with Crippen LogP contribution >= 0.6 is 0 Å². The molecule has 0 spiro atoms. The molecule has 0 amide bonds. The van der Waals surface area contributed by atoms with Gasteiger partial charge in [-0.2, -0.15) is 5.10 Å². The van der Waals surface area contributed by atoms with Crippen LogP contribution in [0.4, 0.5) is 8.78 Å². The lowest BCUT2D eigenvalue weighted by Gasteiger charge is -2.14. The minimum Gasteiger partial charge on any atom is -0.454 e. The number of fused-ring (bicyclic) bond motifs is 1. The van der Waals surface area contributed by atoms with Crippen molar-refractivity contribution in [1.82, 2.24) is 14.2 Å². The smallest absolute Gasteiger partial charge is 0.268 e. The molecular formula is C25H19F2N3O4S. The lowest BCUT2D eigenvalue weighted by molar-refractivity contribution is 0.276. The number of benzene rings is 3. The fourth-order valence-corrected chi connectivity index (χ4v) is 5.21. The topological polar surface area (TPSA) is 97.2 Å². The Hall–Kier alpha value is -4.02. The van der Waals surface area contributed by atoms with Gasteiger partial charge in [0.15, 0.2) is 11.6 Å². The number of nitrogens with one attached hydrogen (secondary N) is 1. The van der Waals surface area contributed by atoms with Gasteiger partial charge < -0.3 is 9.84 Å². The Labute approximate surface area is 199 Å². The van der Waals surface area contributed by atoms with E-state index in [9.17, 15) is 17.9 Å². The first-order valence-corrected chi connectivity index (χ1v) is 12.0. The van der Waals surface area contributed by atoms with Crippen LogP contribution in [0, 0.1) is 18.6 Å². The molecule has 0 aliphatic heterocycles. The van der Waals surface area contributed by atoms with E-state index < -0.39 is 28.3 Å². The summed E-state index contributed by atoms with van der Waals surface area (Å²) in [5.41, 5.74) is 1.59. The molecule has 0 saturated heterocycles. The molecule has 2 N–H and O–H groups in total. The van der Waals surface area contributed by atoms with Gasteiger partial charge in [0, 0.05) is 35.0 Å². The first-order chi connectivity index (χ1) is 16.8. The first-order valence-electron chi connectivity index (χ1n) is 10.5. The zero-order valence-electron chi connectivity index (χ0n) is 18.4. The fraction of sp³-hybridized carbons (Fsp3) is 0.0800. The third-order valence-electron chi connectivity index (χ3n) is 5.65. The molecule has 0 aliphatic carbocycles. The van der Waals surface area contributed by atoms with Gasteiger partial charge in [-0.15, -0.1) is 0 Å². The van der Waals surface area contributed by atoms with E-state index >= 15 is 4.39 Å². The molecule has 10 heteroatoms. The minimum absolute atomic E-state index is 0.0459. The molecule has 0 saturated carbocycles. The molecule has 7 nitrogen and oxygen atoms in total. The molecule has 3 aromatic carbocycles. The number of H-pyrrole nitrogens is 1. The molecule has 5 rings (SSSR count). The maximum Gasteiger partial charge on any atom is 0.268 e. The van der Waals surface area contributed by atoms with E-state index in [4.69, 9.17) is 4.74 Å². The summed E-state index contributed by atoms with van der Waals surface area (Å²) in [6.07, 6.45) is 2.77. The number of halogens is 2. The van der Waals surface area contributed by atoms with Gasteiger partial charge in [-0.3, -0.25) is 5.10 Å². The molecule has 2 aromatic heterocycles. The Kier molecular flexibility index (Phi) is 5.62. The lowest BCUT2D eigenvalue weighted by Crippen LogP contribution is -2.12. The van der Waals surface area contributed by atoms with Gasteiger partial charge in [-0.1, -0.05) is 17.7 Å². The highest BCUT2D eigenvalue weighted by Gasteiger charge is 2.24. The Morgan fingerprint density at radius 2 is 1.80 bits per heavy atom. The largest absolute Gasteiger partial charge is 0.454 e. The molecule has 0 bridgehead atoms. The van der Waals surface area contributed by atoms with Gasteiger partial charge in [0.1, 0.15) is 11.6 Å². The van der Waals surface area contributed by atoms with Crippen LogP contribution in [0.15, 0.2) is 78.0 Å². The second kappa shape index (κ2) is 8.64. The highest BCUT2D eigenvalue weighted by Crippen LogP contribution is 2.37. The predicted octanol–water partition coefficient (Wildman–Crippen LogP) is 5.14. The number of aliphatic hydroxyl groups excluding tert-OH is 1. The van der Waals surface area contributed by atoms with E-state index in [1.165, 1.54) is 48.8 Å². The van der Waals surface area contributed by atoms with Crippen LogP contribution in [0.3, 0.4) is 0 Å². The predicted molar refractivity (Wildman–Crippen MR) is 126 cm³/mol. The third kappa shape index (κ3) is 3.96. The van der Waals surface area contributed by atoms with Crippen LogP contribution in [-0.2, 0) is 16.6 Å². The first kappa shape index (κ1) is 22.8. The maximum absolute atomic E-state index is 15.3. The molecule has 0 aliphatic rings. The van der Waals surface area contributed by atoms with Crippen molar-refractivity contribution in [2.75, 3.05) is 0 Å². The number of hydrogen-bond donors (Lipinski definition) is 2. The third-order valence-corrected chi connectivity index (χ3v) is 7.36. The Morgan fingerprint density at radius 3 is 2.49 bits per heavy atom. The van der Waals surface area contributed by atoms with E-state index in [-0.39, 0.29) is 33.0 Å². The van der Waals surface area contributed by atoms with Gasteiger partial charge in [0.25, 0.3) is 10.0 Å². The van der Waals surface area contributed by atoms with E-state index in [0.29, 0.717) is 11.1 Å². The van der Waals surface area contributed by atoms with Crippen molar-refractivity contribution >= 4 is 20.9 Å². The summed E-state index contributed by atoms with van der Waals surface area (Å²) in [7, 11) is -4.01. The summed E-state index contributed by atoms with van der Waals surface area (Å²) in [6.45, 7) is 1.22. The highest BCUT2D eigenvalue weighted by molar-refractivity contribution is 7.90. The van der Waals surface area contributed by atoms with Crippen LogP contribution < -0.4 is 4.74 Å². The number of aromatic nitrogens is 3.